The van der Waals surface area contributed by atoms with E-state index in [1.54, 1.807) is 0 Å². The summed E-state index contributed by atoms with van der Waals surface area (Å²) in [5, 5.41) is 0. The van der Waals surface area contributed by atoms with Gasteiger partial charge in [0.1, 0.15) is 0 Å². The Labute approximate surface area is 75.8 Å². The summed E-state index contributed by atoms with van der Waals surface area (Å²) in [5.74, 6) is 0. The molecule has 0 spiro atoms. The summed E-state index contributed by atoms with van der Waals surface area (Å²) in [6, 6.07) is 0. The van der Waals surface area contributed by atoms with E-state index >= 15 is 0 Å². The molecule has 0 unspecified atom stereocenters. The van der Waals surface area contributed by atoms with Crippen LogP contribution in [0, 0.1) is 0 Å². The average molecular weight is 168 g/mol. The van der Waals surface area contributed by atoms with Crippen LogP contribution in [-0.2, 0) is 4.74 Å². The first-order valence-corrected chi connectivity index (χ1v) is 5.05. The minimum atomic E-state index is 0.397. The number of hydrogen-bond acceptors (Lipinski definition) is 1. The molecule has 1 nitrogen and oxygen atoms in total. The van der Waals surface area contributed by atoms with E-state index in [0.29, 0.717) is 12.2 Å². The topological polar surface area (TPSA) is 9.23 Å². The maximum atomic E-state index is 5.78. The van der Waals surface area contributed by atoms with E-state index in [1.807, 2.05) is 0 Å². The zero-order chi connectivity index (χ0) is 8.97. The lowest BCUT2D eigenvalue weighted by atomic mass is 10.0. The summed E-state index contributed by atoms with van der Waals surface area (Å²) in [6.45, 7) is 6.59. The van der Waals surface area contributed by atoms with Gasteiger partial charge in [0.05, 0.1) is 12.2 Å². The van der Waals surface area contributed by atoms with Crippen LogP contribution in [0.1, 0.15) is 46.5 Å². The second-order valence-electron chi connectivity index (χ2n) is 3.84. The van der Waals surface area contributed by atoms with E-state index < -0.39 is 0 Å². The van der Waals surface area contributed by atoms with E-state index in [0.717, 1.165) is 6.42 Å². The molecule has 1 aliphatic rings. The van der Waals surface area contributed by atoms with Gasteiger partial charge in [0.25, 0.3) is 0 Å². The van der Waals surface area contributed by atoms with Gasteiger partial charge in [-0.3, -0.25) is 0 Å². The Balaban J connectivity index is 2.38. The maximum Gasteiger partial charge on any atom is 0.0762 e. The van der Waals surface area contributed by atoms with Crippen LogP contribution < -0.4 is 0 Å². The van der Waals surface area contributed by atoms with Crippen molar-refractivity contribution in [1.29, 1.82) is 0 Å². The third-order valence-electron chi connectivity index (χ3n) is 2.33. The molecule has 0 saturated carbocycles. The summed E-state index contributed by atoms with van der Waals surface area (Å²) in [5.41, 5.74) is 1.50. The third kappa shape index (κ3) is 2.98. The Bertz CT molecular complexity index is 160. The van der Waals surface area contributed by atoms with Crippen LogP contribution in [0.2, 0.25) is 0 Å². The third-order valence-corrected chi connectivity index (χ3v) is 2.33. The monoisotopic (exact) mass is 168 g/mol. The standard InChI is InChI=1S/C11H20O/c1-4-5-6-11-8-9(2)7-10(3)12-11/h8,10-11H,4-7H2,1-3H3/t10-,11+/m0/s1. The van der Waals surface area contributed by atoms with Crippen LogP contribution in [0.5, 0.6) is 0 Å². The van der Waals surface area contributed by atoms with Crippen LogP contribution in [0.4, 0.5) is 0 Å². The fourth-order valence-electron chi connectivity index (χ4n) is 1.78. The highest BCUT2D eigenvalue weighted by Gasteiger charge is 2.16. The predicted octanol–water partition coefficient (Wildman–Crippen LogP) is 3.30. The first kappa shape index (κ1) is 9.79. The van der Waals surface area contributed by atoms with Crippen molar-refractivity contribution in [3.05, 3.63) is 11.6 Å². The van der Waals surface area contributed by atoms with Gasteiger partial charge < -0.3 is 4.74 Å². The highest BCUT2D eigenvalue weighted by atomic mass is 16.5. The van der Waals surface area contributed by atoms with E-state index in [1.165, 1.54) is 24.8 Å². The molecule has 0 aromatic rings. The van der Waals surface area contributed by atoms with Gasteiger partial charge in [0, 0.05) is 0 Å². The summed E-state index contributed by atoms with van der Waals surface area (Å²) < 4.78 is 5.78. The molecule has 0 bridgehead atoms. The fraction of sp³-hybridized carbons (Fsp3) is 0.818. The molecule has 2 atom stereocenters. The van der Waals surface area contributed by atoms with E-state index in [-0.39, 0.29) is 0 Å². The molecule has 12 heavy (non-hydrogen) atoms. The molecule has 0 radical (unpaired) electrons. The lowest BCUT2D eigenvalue weighted by Gasteiger charge is -2.25. The minimum absolute atomic E-state index is 0.397. The zero-order valence-electron chi connectivity index (χ0n) is 8.47. The van der Waals surface area contributed by atoms with Gasteiger partial charge in [0.15, 0.2) is 0 Å². The highest BCUT2D eigenvalue weighted by molar-refractivity contribution is 5.06. The van der Waals surface area contributed by atoms with Gasteiger partial charge in [-0.05, 0) is 26.7 Å². The highest BCUT2D eigenvalue weighted by Crippen LogP contribution is 2.21. The minimum Gasteiger partial charge on any atom is -0.371 e. The maximum absolute atomic E-state index is 5.78. The van der Waals surface area contributed by atoms with Crippen molar-refractivity contribution in [3.8, 4) is 0 Å². The van der Waals surface area contributed by atoms with Gasteiger partial charge in [-0.1, -0.05) is 31.4 Å². The molecular formula is C11H20O. The number of rotatable bonds is 3. The van der Waals surface area contributed by atoms with Gasteiger partial charge >= 0.3 is 0 Å². The van der Waals surface area contributed by atoms with Crippen LogP contribution >= 0.6 is 0 Å². The molecule has 0 N–H and O–H groups in total. The van der Waals surface area contributed by atoms with Crippen molar-refractivity contribution in [3.63, 3.8) is 0 Å². The van der Waals surface area contributed by atoms with Crippen LogP contribution in [0.3, 0.4) is 0 Å². The van der Waals surface area contributed by atoms with Crippen molar-refractivity contribution in [2.24, 2.45) is 0 Å². The average Bonchev–Trinajstić information content (AvgIpc) is 1.99. The summed E-state index contributed by atoms with van der Waals surface area (Å²) in [4.78, 5) is 0. The molecule has 0 fully saturated rings. The van der Waals surface area contributed by atoms with Crippen molar-refractivity contribution in [2.45, 2.75) is 58.7 Å². The van der Waals surface area contributed by atoms with Gasteiger partial charge in [-0.25, -0.2) is 0 Å². The first-order valence-electron chi connectivity index (χ1n) is 5.05. The molecule has 1 heterocycles. The summed E-state index contributed by atoms with van der Waals surface area (Å²) >= 11 is 0. The predicted molar refractivity (Wildman–Crippen MR) is 52.2 cm³/mol. The van der Waals surface area contributed by atoms with Crippen LogP contribution in [0.15, 0.2) is 11.6 Å². The molecule has 0 aliphatic carbocycles. The lowest BCUT2D eigenvalue weighted by molar-refractivity contribution is 0.00941. The molecule has 70 valence electrons. The lowest BCUT2D eigenvalue weighted by Crippen LogP contribution is -2.23. The summed E-state index contributed by atoms with van der Waals surface area (Å²) in [7, 11) is 0. The number of hydrogen-bond donors (Lipinski definition) is 0. The van der Waals surface area contributed by atoms with E-state index in [4.69, 9.17) is 4.74 Å². The molecule has 1 aliphatic heterocycles. The number of ether oxygens (including phenoxy) is 1. The van der Waals surface area contributed by atoms with E-state index in [2.05, 4.69) is 26.8 Å². The van der Waals surface area contributed by atoms with Crippen LogP contribution in [0.25, 0.3) is 0 Å². The second kappa shape index (κ2) is 4.66. The van der Waals surface area contributed by atoms with Crippen LogP contribution in [-0.4, -0.2) is 12.2 Å². The van der Waals surface area contributed by atoms with Crippen molar-refractivity contribution < 1.29 is 4.74 Å². The Hall–Kier alpha value is -0.300. The van der Waals surface area contributed by atoms with Gasteiger partial charge in [-0.2, -0.15) is 0 Å². The summed E-state index contributed by atoms with van der Waals surface area (Å²) in [6.07, 6.45) is 7.96. The Morgan fingerprint density at radius 3 is 2.92 bits per heavy atom. The molecule has 1 heteroatoms. The molecule has 0 aromatic heterocycles. The number of unbranched alkanes of at least 4 members (excludes halogenated alkanes) is 1. The quantitative estimate of drug-likeness (QED) is 0.587. The Morgan fingerprint density at radius 1 is 1.58 bits per heavy atom. The van der Waals surface area contributed by atoms with E-state index in [9.17, 15) is 0 Å². The van der Waals surface area contributed by atoms with Crippen molar-refractivity contribution in [1.82, 2.24) is 0 Å². The molecule has 0 aromatic carbocycles. The largest absolute Gasteiger partial charge is 0.371 e. The second-order valence-corrected chi connectivity index (χ2v) is 3.84. The van der Waals surface area contributed by atoms with Gasteiger partial charge in [-0.15, -0.1) is 0 Å². The fourth-order valence-corrected chi connectivity index (χ4v) is 1.78. The molecular weight excluding hydrogens is 148 g/mol. The van der Waals surface area contributed by atoms with Crippen molar-refractivity contribution >= 4 is 0 Å². The molecule has 0 saturated heterocycles. The molecule has 1 rings (SSSR count). The first-order chi connectivity index (χ1) is 5.72. The van der Waals surface area contributed by atoms with Gasteiger partial charge in [0.2, 0.25) is 0 Å². The Kier molecular flexibility index (Phi) is 3.80. The smallest absolute Gasteiger partial charge is 0.0762 e. The molecule has 0 amide bonds. The van der Waals surface area contributed by atoms with Crippen molar-refractivity contribution in [2.75, 3.05) is 0 Å². The normalized spacial score (nSPS) is 30.1. The zero-order valence-corrected chi connectivity index (χ0v) is 8.47. The SMILES string of the molecule is CCCC[C@@H]1C=C(C)C[C@H](C)O1. The Morgan fingerprint density at radius 2 is 2.33 bits per heavy atom.